The minimum absolute atomic E-state index is 0.00682. The van der Waals surface area contributed by atoms with Gasteiger partial charge in [-0.3, -0.25) is 9.10 Å². The highest BCUT2D eigenvalue weighted by molar-refractivity contribution is 14.1. The minimum Gasteiger partial charge on any atom is -0.279 e. The van der Waals surface area contributed by atoms with Crippen LogP contribution in [0, 0.1) is 3.57 Å². The van der Waals surface area contributed by atoms with E-state index in [1.54, 1.807) is 24.3 Å². The second-order valence-corrected chi connectivity index (χ2v) is 8.65. The first kappa shape index (κ1) is 18.8. The van der Waals surface area contributed by atoms with E-state index in [1.807, 2.05) is 22.6 Å². The largest absolute Gasteiger partial charge is 0.279 e. The summed E-state index contributed by atoms with van der Waals surface area (Å²) in [7, 11) is -4.12. The Hall–Kier alpha value is -0.540. The molecule has 0 aromatic heterocycles. The lowest BCUT2D eigenvalue weighted by Crippen LogP contribution is -2.35. The van der Waals surface area contributed by atoms with Crippen molar-refractivity contribution in [3.05, 3.63) is 56.1 Å². The van der Waals surface area contributed by atoms with E-state index in [1.165, 1.54) is 18.2 Å². The van der Waals surface area contributed by atoms with Crippen molar-refractivity contribution in [2.75, 3.05) is 10.8 Å². The van der Waals surface area contributed by atoms with Gasteiger partial charge in [0.2, 0.25) is 5.24 Å². The van der Waals surface area contributed by atoms with Crippen molar-refractivity contribution in [1.82, 2.24) is 0 Å². The number of para-hydroxylation sites is 1. The average molecular weight is 505 g/mol. The molecule has 0 saturated heterocycles. The number of carbonyl (C=O) groups is 1. The number of sulfonamides is 1. The van der Waals surface area contributed by atoms with Crippen molar-refractivity contribution < 1.29 is 13.2 Å². The summed E-state index contributed by atoms with van der Waals surface area (Å²) in [6, 6.07) is 10.8. The van der Waals surface area contributed by atoms with Gasteiger partial charge in [0.05, 0.1) is 10.7 Å². The molecular weight excluding hydrogens is 495 g/mol. The zero-order valence-electron chi connectivity index (χ0n) is 11.3. The molecule has 0 bridgehead atoms. The Labute approximate surface area is 162 Å². The van der Waals surface area contributed by atoms with Gasteiger partial charge >= 0.3 is 0 Å². The van der Waals surface area contributed by atoms with Crippen LogP contribution in [-0.4, -0.2) is 20.2 Å². The van der Waals surface area contributed by atoms with Crippen LogP contribution in [0.15, 0.2) is 47.4 Å². The van der Waals surface area contributed by atoms with E-state index in [0.29, 0.717) is 9.26 Å². The number of anilines is 1. The molecule has 0 aliphatic heterocycles. The first-order chi connectivity index (χ1) is 10.7. The van der Waals surface area contributed by atoms with Crippen LogP contribution in [0.3, 0.4) is 0 Å². The second kappa shape index (κ2) is 7.57. The summed E-state index contributed by atoms with van der Waals surface area (Å²) in [6.07, 6.45) is 0. The molecule has 0 unspecified atom stereocenters. The quantitative estimate of drug-likeness (QED) is 0.443. The van der Waals surface area contributed by atoms with Gasteiger partial charge in [-0.15, -0.1) is 0 Å². The number of hydrogen-bond donors (Lipinski definition) is 0. The monoisotopic (exact) mass is 503 g/mol. The van der Waals surface area contributed by atoms with Gasteiger partial charge in [-0.2, -0.15) is 0 Å². The van der Waals surface area contributed by atoms with Gasteiger partial charge in [-0.05, 0) is 64.5 Å². The third-order valence-corrected chi connectivity index (χ3v) is 6.36. The van der Waals surface area contributed by atoms with Crippen LogP contribution >= 0.6 is 57.4 Å². The van der Waals surface area contributed by atoms with Crippen LogP contribution < -0.4 is 4.31 Å². The molecule has 0 spiro atoms. The third-order valence-electron chi connectivity index (χ3n) is 2.85. The Kier molecular flexibility index (Phi) is 6.18. The molecule has 2 aromatic carbocycles. The number of carbonyl (C=O) groups excluding carboxylic acids is 1. The van der Waals surface area contributed by atoms with Crippen LogP contribution in [0.1, 0.15) is 0 Å². The van der Waals surface area contributed by atoms with E-state index in [-0.39, 0.29) is 14.9 Å². The second-order valence-electron chi connectivity index (χ2n) is 4.39. The van der Waals surface area contributed by atoms with Gasteiger partial charge in [0.1, 0.15) is 11.4 Å². The highest BCUT2D eigenvalue weighted by Gasteiger charge is 2.30. The number of halogens is 4. The molecule has 0 radical (unpaired) electrons. The van der Waals surface area contributed by atoms with Crippen LogP contribution in [0.2, 0.25) is 10.0 Å². The lowest BCUT2D eigenvalue weighted by atomic mass is 10.3. The van der Waals surface area contributed by atoms with Crippen LogP contribution in [0.4, 0.5) is 5.69 Å². The zero-order chi connectivity index (χ0) is 17.2. The van der Waals surface area contributed by atoms with Crippen molar-refractivity contribution in [3.63, 3.8) is 0 Å². The number of rotatable bonds is 5. The Morgan fingerprint density at radius 3 is 2.39 bits per heavy atom. The van der Waals surface area contributed by atoms with Gasteiger partial charge in [0, 0.05) is 8.59 Å². The van der Waals surface area contributed by atoms with Crippen molar-refractivity contribution in [1.29, 1.82) is 0 Å². The summed E-state index contributed by atoms with van der Waals surface area (Å²) >= 11 is 19.3. The van der Waals surface area contributed by atoms with Gasteiger partial charge in [0.15, 0.2) is 0 Å². The van der Waals surface area contributed by atoms with Gasteiger partial charge in [-0.25, -0.2) is 8.42 Å². The molecule has 0 fully saturated rings. The minimum atomic E-state index is -4.12. The molecule has 122 valence electrons. The van der Waals surface area contributed by atoms with E-state index >= 15 is 0 Å². The van der Waals surface area contributed by atoms with Crippen LogP contribution in [0.25, 0.3) is 0 Å². The van der Waals surface area contributed by atoms with Crippen LogP contribution in [0.5, 0.6) is 0 Å². The van der Waals surface area contributed by atoms with Crippen molar-refractivity contribution in [2.45, 2.75) is 4.90 Å². The highest BCUT2D eigenvalue weighted by Crippen LogP contribution is 2.32. The summed E-state index contributed by atoms with van der Waals surface area (Å²) in [5, 5.41) is -0.591. The molecule has 0 atom stereocenters. The summed E-state index contributed by atoms with van der Waals surface area (Å²) in [5.41, 5.74) is 0.332. The van der Waals surface area contributed by atoms with Gasteiger partial charge < -0.3 is 0 Å². The lowest BCUT2D eigenvalue weighted by molar-refractivity contribution is -0.110. The fourth-order valence-electron chi connectivity index (χ4n) is 1.86. The smallest absolute Gasteiger partial charge is 0.266 e. The molecule has 0 aliphatic carbocycles. The fraction of sp³-hybridized carbons (Fsp3) is 0.0714. The van der Waals surface area contributed by atoms with E-state index < -0.39 is 21.8 Å². The van der Waals surface area contributed by atoms with E-state index in [0.717, 1.165) is 4.31 Å². The summed E-state index contributed by atoms with van der Waals surface area (Å²) in [4.78, 5) is 11.2. The maximum Gasteiger partial charge on any atom is 0.266 e. The predicted octanol–water partition coefficient (Wildman–Crippen LogP) is 4.56. The summed E-state index contributed by atoms with van der Waals surface area (Å²) in [5.74, 6) is 0. The molecule has 0 aliphatic rings. The van der Waals surface area contributed by atoms with Crippen LogP contribution in [-0.2, 0) is 14.8 Å². The number of nitrogens with zero attached hydrogens (tertiary/aromatic N) is 1. The predicted molar refractivity (Wildman–Crippen MR) is 101 cm³/mol. The molecule has 9 heteroatoms. The topological polar surface area (TPSA) is 54.5 Å². The Bertz CT molecular complexity index is 858. The van der Waals surface area contributed by atoms with E-state index in [2.05, 4.69) is 0 Å². The zero-order valence-corrected chi connectivity index (χ0v) is 16.6. The van der Waals surface area contributed by atoms with Crippen molar-refractivity contribution >= 4 is 78.3 Å². The molecule has 4 nitrogen and oxygen atoms in total. The van der Waals surface area contributed by atoms with Crippen molar-refractivity contribution in [3.8, 4) is 0 Å². The molecule has 0 heterocycles. The third kappa shape index (κ3) is 4.30. The Morgan fingerprint density at radius 1 is 1.13 bits per heavy atom. The SMILES string of the molecule is O=C(Cl)CN(c1ccccc1I)S(=O)(=O)c1cc(Cl)ccc1Cl. The normalized spacial score (nSPS) is 11.3. The molecule has 2 aromatic rings. The van der Waals surface area contributed by atoms with E-state index in [4.69, 9.17) is 34.8 Å². The fourth-order valence-corrected chi connectivity index (χ4v) is 5.07. The van der Waals surface area contributed by atoms with E-state index in [9.17, 15) is 13.2 Å². The summed E-state index contributed by atoms with van der Waals surface area (Å²) in [6.45, 7) is -0.521. The first-order valence-electron chi connectivity index (χ1n) is 6.14. The molecule has 23 heavy (non-hydrogen) atoms. The van der Waals surface area contributed by atoms with Gasteiger partial charge in [-0.1, -0.05) is 35.3 Å². The summed E-state index contributed by atoms with van der Waals surface area (Å²) < 4.78 is 27.5. The van der Waals surface area contributed by atoms with Gasteiger partial charge in [0.25, 0.3) is 10.0 Å². The molecule has 0 amide bonds. The Balaban J connectivity index is 2.65. The average Bonchev–Trinajstić information content (AvgIpc) is 2.48. The lowest BCUT2D eigenvalue weighted by Gasteiger charge is -2.24. The molecular formula is C14H9Cl3INO3S. The molecule has 0 N–H and O–H groups in total. The highest BCUT2D eigenvalue weighted by atomic mass is 127. The van der Waals surface area contributed by atoms with Crippen molar-refractivity contribution in [2.24, 2.45) is 0 Å². The number of hydrogen-bond acceptors (Lipinski definition) is 3. The standard InChI is InChI=1S/C14H9Cl3INO3S/c15-9-5-6-10(16)13(7-9)23(21,22)19(8-14(17)20)12-4-2-1-3-11(12)18/h1-7H,8H2. The maximum absolute atomic E-state index is 13.0. The first-order valence-corrected chi connectivity index (χ1v) is 9.79. The molecule has 0 saturated carbocycles. The maximum atomic E-state index is 13.0. The Morgan fingerprint density at radius 2 is 1.78 bits per heavy atom. The molecule has 2 rings (SSSR count). The number of benzene rings is 2.